The fourth-order valence-electron chi connectivity index (χ4n) is 1.65. The molecule has 0 bridgehead atoms. The molecule has 0 aliphatic heterocycles. The molecule has 0 atom stereocenters. The van der Waals surface area contributed by atoms with Crippen LogP contribution in [0.5, 0.6) is 5.88 Å². The van der Waals surface area contributed by atoms with Gasteiger partial charge in [0.2, 0.25) is 5.88 Å². The molecule has 0 fully saturated rings. The van der Waals surface area contributed by atoms with Crippen molar-refractivity contribution in [1.29, 1.82) is 0 Å². The first kappa shape index (κ1) is 16.7. The van der Waals surface area contributed by atoms with Gasteiger partial charge in [0.1, 0.15) is 11.6 Å². The molecule has 0 unspecified atom stereocenters. The second-order valence-corrected chi connectivity index (χ2v) is 5.83. The van der Waals surface area contributed by atoms with Gasteiger partial charge in [0, 0.05) is 26.5 Å². The normalized spacial score (nSPS) is 11.8. The maximum Gasteiger partial charge on any atom is 0.221 e. The predicted molar refractivity (Wildman–Crippen MR) is 81.6 cm³/mol. The topological polar surface area (TPSA) is 56.3 Å². The van der Waals surface area contributed by atoms with Crippen LogP contribution in [0, 0.1) is 6.92 Å². The minimum absolute atomic E-state index is 0.187. The first-order valence-electron chi connectivity index (χ1n) is 7.05. The van der Waals surface area contributed by atoms with Gasteiger partial charge in [-0.2, -0.15) is 4.98 Å². The zero-order chi connectivity index (χ0) is 15.3. The van der Waals surface area contributed by atoms with Gasteiger partial charge in [-0.05, 0) is 20.8 Å². The monoisotopic (exact) mass is 281 g/mol. The summed E-state index contributed by atoms with van der Waals surface area (Å²) in [4.78, 5) is 9.01. The van der Waals surface area contributed by atoms with Gasteiger partial charge in [0.15, 0.2) is 0 Å². The van der Waals surface area contributed by atoms with Crippen LogP contribution in [0.15, 0.2) is 0 Å². The van der Waals surface area contributed by atoms with Gasteiger partial charge in [-0.15, -0.1) is 0 Å². The van der Waals surface area contributed by atoms with Crippen LogP contribution in [-0.4, -0.2) is 36.3 Å². The molecular weight excluding hydrogens is 254 g/mol. The van der Waals surface area contributed by atoms with Gasteiger partial charge in [0.05, 0.1) is 17.8 Å². The number of nitrogens with zero attached hydrogens (tertiary/aromatic N) is 2. The van der Waals surface area contributed by atoms with Crippen LogP contribution in [0.3, 0.4) is 0 Å². The van der Waals surface area contributed by atoms with Crippen LogP contribution in [0.2, 0.25) is 0 Å². The smallest absolute Gasteiger partial charge is 0.221 e. The SMILES string of the molecule is CNc1nc(C(C)C)nc(OCCC(C)(C)OC)c1C. The molecule has 0 saturated carbocycles. The van der Waals surface area contributed by atoms with E-state index in [2.05, 4.69) is 29.1 Å². The van der Waals surface area contributed by atoms with Gasteiger partial charge in [0.25, 0.3) is 0 Å². The van der Waals surface area contributed by atoms with Crippen molar-refractivity contribution in [3.63, 3.8) is 0 Å². The summed E-state index contributed by atoms with van der Waals surface area (Å²) in [5.41, 5.74) is 0.750. The highest BCUT2D eigenvalue weighted by atomic mass is 16.5. The third-order valence-electron chi connectivity index (χ3n) is 3.37. The molecule has 5 heteroatoms. The van der Waals surface area contributed by atoms with Crippen LogP contribution in [-0.2, 0) is 4.74 Å². The standard InChI is InChI=1S/C15H27N3O2/c1-10(2)12-17-13(16-6)11(3)14(18-12)20-9-8-15(4,5)19-7/h10H,8-9H2,1-7H3,(H,16,17,18). The lowest BCUT2D eigenvalue weighted by atomic mass is 10.1. The van der Waals surface area contributed by atoms with Crippen LogP contribution < -0.4 is 10.1 Å². The summed E-state index contributed by atoms with van der Waals surface area (Å²) in [6.07, 6.45) is 0.804. The van der Waals surface area contributed by atoms with Crippen LogP contribution in [0.4, 0.5) is 5.82 Å². The predicted octanol–water partition coefficient (Wildman–Crippen LogP) is 3.14. The molecular formula is C15H27N3O2. The van der Waals surface area contributed by atoms with Crippen LogP contribution >= 0.6 is 0 Å². The van der Waals surface area contributed by atoms with E-state index in [1.54, 1.807) is 7.11 Å². The van der Waals surface area contributed by atoms with E-state index < -0.39 is 0 Å². The summed E-state index contributed by atoms with van der Waals surface area (Å²) < 4.78 is 11.2. The fraction of sp³-hybridized carbons (Fsp3) is 0.733. The number of anilines is 1. The minimum atomic E-state index is -0.187. The number of nitrogens with one attached hydrogen (secondary N) is 1. The van der Waals surface area contributed by atoms with Gasteiger partial charge in [-0.25, -0.2) is 4.98 Å². The number of methoxy groups -OCH3 is 1. The van der Waals surface area contributed by atoms with Crippen molar-refractivity contribution >= 4 is 5.82 Å². The third-order valence-corrected chi connectivity index (χ3v) is 3.37. The zero-order valence-electron chi connectivity index (χ0n) is 13.7. The van der Waals surface area contributed by atoms with Crippen molar-refractivity contribution in [3.05, 3.63) is 11.4 Å². The Hall–Kier alpha value is -1.36. The van der Waals surface area contributed by atoms with Gasteiger partial charge in [-0.3, -0.25) is 0 Å². The lowest BCUT2D eigenvalue weighted by Crippen LogP contribution is -2.25. The number of hydrogen-bond acceptors (Lipinski definition) is 5. The Balaban J connectivity index is 2.86. The molecule has 1 N–H and O–H groups in total. The van der Waals surface area contributed by atoms with Crippen LogP contribution in [0.25, 0.3) is 0 Å². The van der Waals surface area contributed by atoms with Crippen molar-refractivity contribution in [1.82, 2.24) is 9.97 Å². The van der Waals surface area contributed by atoms with E-state index >= 15 is 0 Å². The third kappa shape index (κ3) is 4.34. The number of aromatic nitrogens is 2. The van der Waals surface area contributed by atoms with E-state index in [4.69, 9.17) is 9.47 Å². The maximum absolute atomic E-state index is 5.84. The second-order valence-electron chi connectivity index (χ2n) is 5.83. The quantitative estimate of drug-likeness (QED) is 0.832. The van der Waals surface area contributed by atoms with Crippen molar-refractivity contribution in [3.8, 4) is 5.88 Å². The Labute approximate surface area is 122 Å². The van der Waals surface area contributed by atoms with Gasteiger partial charge in [-0.1, -0.05) is 13.8 Å². The molecule has 1 aromatic heterocycles. The largest absolute Gasteiger partial charge is 0.477 e. The number of rotatable bonds is 7. The molecule has 114 valence electrons. The molecule has 5 nitrogen and oxygen atoms in total. The summed E-state index contributed by atoms with van der Waals surface area (Å²) >= 11 is 0. The second kappa shape index (κ2) is 6.88. The fourth-order valence-corrected chi connectivity index (χ4v) is 1.65. The summed E-state index contributed by atoms with van der Waals surface area (Å²) in [7, 11) is 3.57. The number of hydrogen-bond donors (Lipinski definition) is 1. The summed E-state index contributed by atoms with van der Waals surface area (Å²) in [6, 6.07) is 0. The van der Waals surface area contributed by atoms with E-state index in [0.29, 0.717) is 12.5 Å². The molecule has 0 aromatic carbocycles. The molecule has 0 saturated heterocycles. The molecule has 1 rings (SSSR count). The molecule has 0 radical (unpaired) electrons. The van der Waals surface area contributed by atoms with Gasteiger partial charge < -0.3 is 14.8 Å². The molecule has 1 heterocycles. The summed E-state index contributed by atoms with van der Waals surface area (Å²) in [5, 5.41) is 3.09. The molecule has 0 aliphatic rings. The van der Waals surface area contributed by atoms with E-state index in [9.17, 15) is 0 Å². The minimum Gasteiger partial charge on any atom is -0.477 e. The average molecular weight is 281 g/mol. The molecule has 0 aliphatic carbocycles. The van der Waals surface area contributed by atoms with E-state index in [1.807, 2.05) is 27.8 Å². The average Bonchev–Trinajstić information content (AvgIpc) is 2.40. The summed E-state index contributed by atoms with van der Waals surface area (Å²) in [5.74, 6) is 2.53. The van der Waals surface area contributed by atoms with Crippen molar-refractivity contribution in [2.45, 2.75) is 52.6 Å². The van der Waals surface area contributed by atoms with E-state index in [-0.39, 0.29) is 11.5 Å². The van der Waals surface area contributed by atoms with Crippen molar-refractivity contribution in [2.75, 3.05) is 26.1 Å². The Kier molecular flexibility index (Phi) is 5.74. The number of ether oxygens (including phenoxy) is 2. The highest BCUT2D eigenvalue weighted by molar-refractivity contribution is 5.48. The Morgan fingerprint density at radius 3 is 2.40 bits per heavy atom. The van der Waals surface area contributed by atoms with E-state index in [0.717, 1.165) is 23.6 Å². The lowest BCUT2D eigenvalue weighted by molar-refractivity contribution is 0.00499. The maximum atomic E-state index is 5.84. The van der Waals surface area contributed by atoms with Crippen molar-refractivity contribution < 1.29 is 9.47 Å². The Bertz CT molecular complexity index is 445. The molecule has 0 spiro atoms. The Morgan fingerprint density at radius 2 is 1.90 bits per heavy atom. The van der Waals surface area contributed by atoms with Crippen molar-refractivity contribution in [2.24, 2.45) is 0 Å². The molecule has 20 heavy (non-hydrogen) atoms. The first-order valence-corrected chi connectivity index (χ1v) is 7.05. The molecule has 1 aromatic rings. The Morgan fingerprint density at radius 1 is 1.25 bits per heavy atom. The first-order chi connectivity index (χ1) is 9.30. The highest BCUT2D eigenvalue weighted by Crippen LogP contribution is 2.25. The van der Waals surface area contributed by atoms with Crippen LogP contribution in [0.1, 0.15) is 51.4 Å². The van der Waals surface area contributed by atoms with Gasteiger partial charge >= 0.3 is 0 Å². The summed E-state index contributed by atoms with van der Waals surface area (Å²) in [6.45, 7) is 10.8. The molecule has 0 amide bonds. The van der Waals surface area contributed by atoms with E-state index in [1.165, 1.54) is 0 Å². The lowest BCUT2D eigenvalue weighted by Gasteiger charge is -2.23. The highest BCUT2D eigenvalue weighted by Gasteiger charge is 2.18. The zero-order valence-corrected chi connectivity index (χ0v) is 13.7.